The molecule has 1 fully saturated rings. The highest BCUT2D eigenvalue weighted by Crippen LogP contribution is 2.20. The molecule has 1 aromatic heterocycles. The van der Waals surface area contributed by atoms with Crippen LogP contribution >= 0.6 is 11.3 Å². The number of piperazine rings is 1. The molecule has 1 saturated heterocycles. The van der Waals surface area contributed by atoms with Crippen LogP contribution in [0.2, 0.25) is 0 Å². The number of hydrogen-bond donors (Lipinski definition) is 0. The summed E-state index contributed by atoms with van der Waals surface area (Å²) in [6.07, 6.45) is 0. The Balaban J connectivity index is 1.59. The van der Waals surface area contributed by atoms with Crippen molar-refractivity contribution in [2.75, 3.05) is 39.9 Å². The van der Waals surface area contributed by atoms with E-state index >= 15 is 0 Å². The molecule has 0 unspecified atom stereocenters. The van der Waals surface area contributed by atoms with Gasteiger partial charge in [0.25, 0.3) is 5.91 Å². The van der Waals surface area contributed by atoms with Crippen molar-refractivity contribution in [2.45, 2.75) is 13.0 Å². The van der Waals surface area contributed by atoms with Gasteiger partial charge in [-0.3, -0.25) is 9.69 Å². The Bertz CT molecular complexity index is 649. The fourth-order valence-corrected chi connectivity index (χ4v) is 3.59. The number of methoxy groups -OCH3 is 1. The number of rotatable bonds is 5. The standard InChI is InChI=1S/C18H23N3O2S/c1-14(11-23-2)20-7-9-21(10-8-20)18(22)16-5-3-15(4-6-16)17-12-24-13-19-17/h3-6,12-14H,7-11H2,1-2H3/t14-/m1/s1. The zero-order valence-corrected chi connectivity index (χ0v) is 15.0. The van der Waals surface area contributed by atoms with E-state index < -0.39 is 0 Å². The number of carbonyl (C=O) groups is 1. The summed E-state index contributed by atoms with van der Waals surface area (Å²) in [6.45, 7) is 6.21. The molecule has 0 N–H and O–H groups in total. The molecule has 5 nitrogen and oxygen atoms in total. The van der Waals surface area contributed by atoms with Gasteiger partial charge in [-0.2, -0.15) is 0 Å². The van der Waals surface area contributed by atoms with Crippen LogP contribution in [0.15, 0.2) is 35.2 Å². The van der Waals surface area contributed by atoms with Gasteiger partial charge in [0.2, 0.25) is 0 Å². The predicted molar refractivity (Wildman–Crippen MR) is 96.4 cm³/mol. The number of carbonyl (C=O) groups excluding carboxylic acids is 1. The molecule has 2 aromatic rings. The van der Waals surface area contributed by atoms with Crippen molar-refractivity contribution < 1.29 is 9.53 Å². The van der Waals surface area contributed by atoms with Crippen LogP contribution in [0.1, 0.15) is 17.3 Å². The average Bonchev–Trinajstić information content (AvgIpc) is 3.16. The minimum absolute atomic E-state index is 0.110. The smallest absolute Gasteiger partial charge is 0.253 e. The van der Waals surface area contributed by atoms with E-state index in [0.29, 0.717) is 6.04 Å². The average molecular weight is 345 g/mol. The summed E-state index contributed by atoms with van der Waals surface area (Å²) < 4.78 is 5.22. The van der Waals surface area contributed by atoms with E-state index in [1.165, 1.54) is 0 Å². The lowest BCUT2D eigenvalue weighted by atomic mass is 10.1. The number of aromatic nitrogens is 1. The van der Waals surface area contributed by atoms with Crippen LogP contribution in [0, 0.1) is 0 Å². The Labute approximate surface area is 146 Å². The van der Waals surface area contributed by atoms with Gasteiger partial charge in [-0.1, -0.05) is 12.1 Å². The Kier molecular flexibility index (Phi) is 5.60. The molecule has 1 aliphatic heterocycles. The molecular weight excluding hydrogens is 322 g/mol. The van der Waals surface area contributed by atoms with E-state index in [2.05, 4.69) is 16.8 Å². The third-order valence-electron chi connectivity index (χ3n) is 4.49. The van der Waals surface area contributed by atoms with Crippen LogP contribution < -0.4 is 0 Å². The molecule has 0 spiro atoms. The number of amides is 1. The first-order valence-corrected chi connectivity index (χ1v) is 9.14. The van der Waals surface area contributed by atoms with Crippen molar-refractivity contribution in [3.8, 4) is 11.3 Å². The first-order valence-electron chi connectivity index (χ1n) is 8.20. The number of ether oxygens (including phenoxy) is 1. The lowest BCUT2D eigenvalue weighted by molar-refractivity contribution is 0.0449. The maximum Gasteiger partial charge on any atom is 0.253 e. The van der Waals surface area contributed by atoms with Crippen molar-refractivity contribution in [3.05, 3.63) is 40.7 Å². The third-order valence-corrected chi connectivity index (χ3v) is 5.08. The van der Waals surface area contributed by atoms with Gasteiger partial charge in [0.05, 0.1) is 17.8 Å². The SMILES string of the molecule is COC[C@@H](C)N1CCN(C(=O)c2ccc(-c3cscn3)cc2)CC1. The van der Waals surface area contributed by atoms with E-state index in [4.69, 9.17) is 4.74 Å². The molecule has 0 bridgehead atoms. The Morgan fingerprint density at radius 2 is 1.96 bits per heavy atom. The molecule has 0 saturated carbocycles. The van der Waals surface area contributed by atoms with Gasteiger partial charge in [0.1, 0.15) is 0 Å². The summed E-state index contributed by atoms with van der Waals surface area (Å²) in [4.78, 5) is 21.3. The summed E-state index contributed by atoms with van der Waals surface area (Å²) in [5, 5.41) is 2.01. The highest BCUT2D eigenvalue weighted by atomic mass is 32.1. The van der Waals surface area contributed by atoms with E-state index in [1.54, 1.807) is 18.4 Å². The molecule has 3 rings (SSSR count). The molecule has 0 radical (unpaired) electrons. The fourth-order valence-electron chi connectivity index (χ4n) is 3.03. The molecule has 1 aliphatic rings. The van der Waals surface area contributed by atoms with Crippen LogP contribution in [0.3, 0.4) is 0 Å². The van der Waals surface area contributed by atoms with Crippen LogP contribution in [0.25, 0.3) is 11.3 Å². The van der Waals surface area contributed by atoms with Gasteiger partial charge in [0, 0.05) is 55.8 Å². The summed E-state index contributed by atoms with van der Waals surface area (Å²) in [5.74, 6) is 0.110. The summed E-state index contributed by atoms with van der Waals surface area (Å²) in [6, 6.07) is 8.14. The van der Waals surface area contributed by atoms with Crippen molar-refractivity contribution in [1.29, 1.82) is 0 Å². The normalized spacial score (nSPS) is 17.0. The zero-order valence-electron chi connectivity index (χ0n) is 14.1. The molecule has 1 atom stereocenters. The van der Waals surface area contributed by atoms with E-state index in [1.807, 2.05) is 40.1 Å². The number of hydrogen-bond acceptors (Lipinski definition) is 5. The van der Waals surface area contributed by atoms with Gasteiger partial charge >= 0.3 is 0 Å². The van der Waals surface area contributed by atoms with E-state index in [-0.39, 0.29) is 5.91 Å². The second kappa shape index (κ2) is 7.88. The summed E-state index contributed by atoms with van der Waals surface area (Å²) >= 11 is 1.57. The Morgan fingerprint density at radius 3 is 2.54 bits per heavy atom. The minimum Gasteiger partial charge on any atom is -0.383 e. The summed E-state index contributed by atoms with van der Waals surface area (Å²) in [5.41, 5.74) is 4.57. The second-order valence-electron chi connectivity index (χ2n) is 6.08. The van der Waals surface area contributed by atoms with Gasteiger partial charge in [0.15, 0.2) is 0 Å². The number of benzene rings is 1. The first-order chi connectivity index (χ1) is 11.7. The zero-order chi connectivity index (χ0) is 16.9. The lowest BCUT2D eigenvalue weighted by Crippen LogP contribution is -2.52. The van der Waals surface area contributed by atoms with Gasteiger partial charge in [-0.15, -0.1) is 11.3 Å². The van der Waals surface area contributed by atoms with Crippen molar-refractivity contribution in [2.24, 2.45) is 0 Å². The number of thiazole rings is 1. The van der Waals surface area contributed by atoms with Crippen molar-refractivity contribution >= 4 is 17.2 Å². The fraction of sp³-hybridized carbons (Fsp3) is 0.444. The maximum atomic E-state index is 12.7. The molecular formula is C18H23N3O2S. The summed E-state index contributed by atoms with van der Waals surface area (Å²) in [7, 11) is 1.73. The predicted octanol–water partition coefficient (Wildman–Crippen LogP) is 2.60. The lowest BCUT2D eigenvalue weighted by Gasteiger charge is -2.37. The van der Waals surface area contributed by atoms with Gasteiger partial charge < -0.3 is 9.64 Å². The van der Waals surface area contributed by atoms with Crippen LogP contribution in [0.5, 0.6) is 0 Å². The molecule has 24 heavy (non-hydrogen) atoms. The highest BCUT2D eigenvalue weighted by molar-refractivity contribution is 7.07. The largest absolute Gasteiger partial charge is 0.383 e. The first kappa shape index (κ1) is 17.1. The highest BCUT2D eigenvalue weighted by Gasteiger charge is 2.24. The van der Waals surface area contributed by atoms with Crippen molar-refractivity contribution in [3.63, 3.8) is 0 Å². The van der Waals surface area contributed by atoms with Gasteiger partial charge in [-0.25, -0.2) is 4.98 Å². The van der Waals surface area contributed by atoms with Gasteiger partial charge in [-0.05, 0) is 19.1 Å². The molecule has 0 aliphatic carbocycles. The van der Waals surface area contributed by atoms with Crippen LogP contribution in [-0.4, -0.2) is 66.6 Å². The van der Waals surface area contributed by atoms with Crippen LogP contribution in [0.4, 0.5) is 0 Å². The Hall–Kier alpha value is -1.76. The molecule has 128 valence electrons. The molecule has 1 amide bonds. The van der Waals surface area contributed by atoms with Crippen LogP contribution in [-0.2, 0) is 4.74 Å². The number of nitrogens with zero attached hydrogens (tertiary/aromatic N) is 3. The quantitative estimate of drug-likeness (QED) is 0.836. The topological polar surface area (TPSA) is 45.7 Å². The molecule has 2 heterocycles. The van der Waals surface area contributed by atoms with Crippen molar-refractivity contribution in [1.82, 2.24) is 14.8 Å². The monoisotopic (exact) mass is 345 g/mol. The third kappa shape index (κ3) is 3.83. The second-order valence-corrected chi connectivity index (χ2v) is 6.80. The van der Waals surface area contributed by atoms with E-state index in [0.717, 1.165) is 49.6 Å². The van der Waals surface area contributed by atoms with E-state index in [9.17, 15) is 4.79 Å². The Morgan fingerprint density at radius 1 is 1.25 bits per heavy atom. The molecule has 6 heteroatoms. The maximum absolute atomic E-state index is 12.7. The molecule has 1 aromatic carbocycles. The minimum atomic E-state index is 0.110.